The minimum absolute atomic E-state index is 0.0396. The molecule has 3 aliphatic rings. The molecule has 2 fully saturated rings. The number of hydrogen-bond donors (Lipinski definition) is 1. The molecule has 2 aliphatic heterocycles. The molecule has 1 saturated heterocycles. The van der Waals surface area contributed by atoms with E-state index in [1.165, 1.54) is 12.1 Å². The normalized spacial score (nSPS) is 20.6. The number of hydrogen-bond acceptors (Lipinski definition) is 6. The third kappa shape index (κ3) is 5.97. The summed E-state index contributed by atoms with van der Waals surface area (Å²) in [6, 6.07) is 22.7. The van der Waals surface area contributed by atoms with Crippen LogP contribution in [-0.4, -0.2) is 41.9 Å². The molecule has 4 aromatic rings. The van der Waals surface area contributed by atoms with E-state index in [-0.39, 0.29) is 28.9 Å². The number of fused-ring (bicyclic) bond motifs is 2. The smallest absolute Gasteiger partial charge is 0.395 e. The molecule has 1 unspecified atom stereocenters. The molecule has 0 bridgehead atoms. The van der Waals surface area contributed by atoms with E-state index in [2.05, 4.69) is 51.4 Å². The van der Waals surface area contributed by atoms with Gasteiger partial charge >= 0.3 is 6.29 Å². The first-order valence-electron chi connectivity index (χ1n) is 15.6. The number of aromatic nitrogens is 1. The maximum atomic E-state index is 13.6. The standard InChI is InChI=1S/C36H38F2N2O6/c1-33(2,22-42-20-23-8-6-5-7-9-23)31-17-24-16-26(11-12-28(24)40(31)19-27-21-43-34(3,4)44-27)39-32(41)35(14-15-35)25-10-13-29-30(18-25)46-36(37,38)45-29/h5-13,16-18,27H,14-15,19-22H2,1-4H3,(H,39,41). The first-order valence-corrected chi connectivity index (χ1v) is 15.6. The van der Waals surface area contributed by atoms with Crippen LogP contribution in [0.3, 0.4) is 0 Å². The Labute approximate surface area is 266 Å². The highest BCUT2D eigenvalue weighted by Gasteiger charge is 2.53. The largest absolute Gasteiger partial charge is 0.586 e. The summed E-state index contributed by atoms with van der Waals surface area (Å²) < 4.78 is 56.9. The van der Waals surface area contributed by atoms with Crippen LogP contribution in [0, 0.1) is 0 Å². The molecular formula is C36H38F2N2O6. The Balaban J connectivity index is 1.14. The minimum Gasteiger partial charge on any atom is -0.395 e. The Kier molecular flexibility index (Phi) is 7.38. The van der Waals surface area contributed by atoms with Gasteiger partial charge in [0.05, 0.1) is 31.8 Å². The Bertz CT molecular complexity index is 1780. The van der Waals surface area contributed by atoms with Crippen LogP contribution in [0.25, 0.3) is 10.9 Å². The highest BCUT2D eigenvalue weighted by Crippen LogP contribution is 2.52. The van der Waals surface area contributed by atoms with Gasteiger partial charge in [-0.1, -0.05) is 50.2 Å². The van der Waals surface area contributed by atoms with Crippen molar-refractivity contribution < 1.29 is 37.3 Å². The SMILES string of the molecule is CC1(C)OCC(Cn2c(C(C)(C)COCc3ccccc3)cc3cc(NC(=O)C4(c5ccc6c(c5)OC(F)(F)O6)CC4)ccc32)O1. The molecular weight excluding hydrogens is 594 g/mol. The number of nitrogens with one attached hydrogen (secondary N) is 1. The molecule has 3 heterocycles. The van der Waals surface area contributed by atoms with E-state index in [0.29, 0.717) is 50.5 Å². The molecule has 242 valence electrons. The van der Waals surface area contributed by atoms with Crippen molar-refractivity contribution in [1.29, 1.82) is 0 Å². The van der Waals surface area contributed by atoms with Crippen molar-refractivity contribution in [2.24, 2.45) is 0 Å². The topological polar surface area (TPSA) is 80.2 Å². The summed E-state index contributed by atoms with van der Waals surface area (Å²) in [7, 11) is 0. The number of halogens is 2. The number of carbonyl (C=O) groups excluding carboxylic acids is 1. The van der Waals surface area contributed by atoms with Crippen LogP contribution in [0.5, 0.6) is 11.5 Å². The van der Waals surface area contributed by atoms with Crippen LogP contribution in [0.4, 0.5) is 14.5 Å². The monoisotopic (exact) mass is 632 g/mol. The van der Waals surface area contributed by atoms with Gasteiger partial charge in [0.2, 0.25) is 5.91 Å². The van der Waals surface area contributed by atoms with Gasteiger partial charge in [-0.15, -0.1) is 8.78 Å². The molecule has 0 radical (unpaired) electrons. The van der Waals surface area contributed by atoms with Crippen LogP contribution in [-0.2, 0) is 43.0 Å². The number of carbonyl (C=O) groups is 1. The van der Waals surface area contributed by atoms with Crippen LogP contribution < -0.4 is 14.8 Å². The molecule has 8 nitrogen and oxygen atoms in total. The van der Waals surface area contributed by atoms with E-state index in [0.717, 1.165) is 22.2 Å². The lowest BCUT2D eigenvalue weighted by atomic mass is 9.90. The maximum absolute atomic E-state index is 13.6. The quantitative estimate of drug-likeness (QED) is 0.198. The van der Waals surface area contributed by atoms with Gasteiger partial charge in [0.1, 0.15) is 6.10 Å². The van der Waals surface area contributed by atoms with Gasteiger partial charge < -0.3 is 33.6 Å². The van der Waals surface area contributed by atoms with Gasteiger partial charge in [-0.25, -0.2) is 0 Å². The Hall–Kier alpha value is -3.99. The second-order valence-corrected chi connectivity index (χ2v) is 13.6. The second-order valence-electron chi connectivity index (χ2n) is 13.6. The summed E-state index contributed by atoms with van der Waals surface area (Å²) in [5.41, 5.74) is 3.33. The number of anilines is 1. The average Bonchev–Trinajstić information content (AvgIpc) is 3.50. The fourth-order valence-electron chi connectivity index (χ4n) is 6.50. The first-order chi connectivity index (χ1) is 21.8. The van der Waals surface area contributed by atoms with Crippen molar-refractivity contribution in [3.05, 3.63) is 89.6 Å². The first kappa shape index (κ1) is 30.7. The fourth-order valence-corrected chi connectivity index (χ4v) is 6.50. The van der Waals surface area contributed by atoms with Crippen molar-refractivity contribution in [3.8, 4) is 11.5 Å². The summed E-state index contributed by atoms with van der Waals surface area (Å²) in [4.78, 5) is 13.6. The highest BCUT2D eigenvalue weighted by atomic mass is 19.3. The number of amides is 1. The molecule has 1 aliphatic carbocycles. The molecule has 1 saturated carbocycles. The van der Waals surface area contributed by atoms with Crippen molar-refractivity contribution in [2.75, 3.05) is 18.5 Å². The number of ether oxygens (including phenoxy) is 5. The molecule has 1 aromatic heterocycles. The minimum atomic E-state index is -3.71. The van der Waals surface area contributed by atoms with Crippen LogP contribution in [0.1, 0.15) is 57.4 Å². The average molecular weight is 633 g/mol. The lowest BCUT2D eigenvalue weighted by Gasteiger charge is -2.28. The van der Waals surface area contributed by atoms with Gasteiger partial charge in [-0.3, -0.25) is 4.79 Å². The zero-order valence-corrected chi connectivity index (χ0v) is 26.4. The second kappa shape index (κ2) is 11.1. The zero-order chi connectivity index (χ0) is 32.3. The Morgan fingerprint density at radius 3 is 2.48 bits per heavy atom. The third-order valence-electron chi connectivity index (χ3n) is 9.02. The van der Waals surface area contributed by atoms with Crippen LogP contribution in [0.2, 0.25) is 0 Å². The lowest BCUT2D eigenvalue weighted by molar-refractivity contribution is -0.286. The fraction of sp³-hybridized carbons (Fsp3) is 0.417. The summed E-state index contributed by atoms with van der Waals surface area (Å²) >= 11 is 0. The van der Waals surface area contributed by atoms with Crippen molar-refractivity contribution in [3.63, 3.8) is 0 Å². The zero-order valence-electron chi connectivity index (χ0n) is 26.4. The van der Waals surface area contributed by atoms with Crippen molar-refractivity contribution in [2.45, 2.75) is 82.7 Å². The van der Waals surface area contributed by atoms with E-state index >= 15 is 0 Å². The predicted molar refractivity (Wildman–Crippen MR) is 168 cm³/mol. The number of benzene rings is 3. The number of rotatable bonds is 10. The van der Waals surface area contributed by atoms with Crippen LogP contribution in [0.15, 0.2) is 72.8 Å². The van der Waals surface area contributed by atoms with E-state index in [9.17, 15) is 13.6 Å². The molecule has 1 N–H and O–H groups in total. The summed E-state index contributed by atoms with van der Waals surface area (Å²) in [5, 5.41) is 4.06. The van der Waals surface area contributed by atoms with E-state index in [1.54, 1.807) is 6.07 Å². The number of nitrogens with zero attached hydrogens (tertiary/aromatic N) is 1. The molecule has 1 atom stereocenters. The van der Waals surface area contributed by atoms with Gasteiger partial charge in [0, 0.05) is 27.7 Å². The third-order valence-corrected chi connectivity index (χ3v) is 9.02. The number of alkyl halides is 2. The van der Waals surface area contributed by atoms with Gasteiger partial charge in [0.15, 0.2) is 17.3 Å². The predicted octanol–water partition coefficient (Wildman–Crippen LogP) is 7.28. The lowest BCUT2D eigenvalue weighted by Crippen LogP contribution is -2.30. The van der Waals surface area contributed by atoms with Crippen molar-refractivity contribution >= 4 is 22.5 Å². The summed E-state index contributed by atoms with van der Waals surface area (Å²) in [6.45, 7) is 10.3. The van der Waals surface area contributed by atoms with E-state index in [4.69, 9.17) is 14.2 Å². The van der Waals surface area contributed by atoms with Gasteiger partial charge in [0.25, 0.3) is 0 Å². The highest BCUT2D eigenvalue weighted by molar-refractivity contribution is 6.02. The molecule has 46 heavy (non-hydrogen) atoms. The summed E-state index contributed by atoms with van der Waals surface area (Å²) in [5.74, 6) is -0.933. The Morgan fingerprint density at radius 2 is 1.76 bits per heavy atom. The van der Waals surface area contributed by atoms with E-state index < -0.39 is 17.5 Å². The van der Waals surface area contributed by atoms with E-state index in [1.807, 2.05) is 50.2 Å². The van der Waals surface area contributed by atoms with Gasteiger partial charge in [-0.2, -0.15) is 0 Å². The molecule has 7 rings (SSSR count). The molecule has 10 heteroatoms. The Morgan fingerprint density at radius 1 is 1.00 bits per heavy atom. The maximum Gasteiger partial charge on any atom is 0.586 e. The molecule has 1 amide bonds. The van der Waals surface area contributed by atoms with Crippen molar-refractivity contribution in [1.82, 2.24) is 4.57 Å². The molecule has 3 aromatic carbocycles. The molecule has 0 spiro atoms. The van der Waals surface area contributed by atoms with Crippen LogP contribution >= 0.6 is 0 Å². The van der Waals surface area contributed by atoms with Gasteiger partial charge in [-0.05, 0) is 74.2 Å². The summed E-state index contributed by atoms with van der Waals surface area (Å²) in [6.07, 6.45) is -2.62.